The van der Waals surface area contributed by atoms with Gasteiger partial charge in [-0.2, -0.15) is 0 Å². The third kappa shape index (κ3) is 6.47. The van der Waals surface area contributed by atoms with Gasteiger partial charge in [-0.25, -0.2) is 0 Å². The Bertz CT molecular complexity index is 588. The number of carbonyl (C=O) groups excluding carboxylic acids is 2. The molecule has 1 aliphatic heterocycles. The van der Waals surface area contributed by atoms with Crippen LogP contribution in [0.5, 0.6) is 0 Å². The van der Waals surface area contributed by atoms with Crippen molar-refractivity contribution in [2.45, 2.75) is 26.8 Å². The highest BCUT2D eigenvalue weighted by Crippen LogP contribution is 2.17. The first-order valence-corrected chi connectivity index (χ1v) is 8.01. The number of amides is 2. The number of rotatable bonds is 4. The van der Waals surface area contributed by atoms with Crippen molar-refractivity contribution in [3.63, 3.8) is 0 Å². The quantitative estimate of drug-likeness (QED) is 0.817. The highest BCUT2D eigenvalue weighted by molar-refractivity contribution is 5.93. The van der Waals surface area contributed by atoms with E-state index in [-0.39, 0.29) is 36.6 Å². The summed E-state index contributed by atoms with van der Waals surface area (Å²) in [6, 6.07) is 5.42. The fourth-order valence-corrected chi connectivity index (χ4v) is 2.69. The zero-order chi connectivity index (χ0) is 17.0. The van der Waals surface area contributed by atoms with Crippen LogP contribution < -0.4 is 11.1 Å². The van der Waals surface area contributed by atoms with E-state index in [9.17, 15) is 9.59 Å². The summed E-state index contributed by atoms with van der Waals surface area (Å²) in [6.07, 6.45) is 0. The summed E-state index contributed by atoms with van der Waals surface area (Å²) in [5.74, 6) is -0.0462. The number of nitrogens with two attached hydrogens (primary N) is 1. The molecule has 0 bridgehead atoms. The van der Waals surface area contributed by atoms with Gasteiger partial charge in [-0.05, 0) is 38.0 Å². The molecule has 8 heteroatoms. The number of hydrogen-bond acceptors (Lipinski definition) is 4. The molecule has 0 aromatic heterocycles. The average Bonchev–Trinajstić information content (AvgIpc) is 2.52. The van der Waals surface area contributed by atoms with Crippen molar-refractivity contribution in [3.8, 4) is 0 Å². The molecule has 2 rings (SSSR count). The fraction of sp³-hybridized carbons (Fsp3) is 0.529. The second-order valence-electron chi connectivity index (χ2n) is 6.19. The Balaban J connectivity index is 0.00000288. The number of nitrogens with zero attached hydrogens (tertiary/aromatic N) is 2. The van der Waals surface area contributed by atoms with Crippen LogP contribution in [0.15, 0.2) is 18.2 Å². The molecular weight excluding hydrogens is 363 g/mol. The number of halogens is 2. The van der Waals surface area contributed by atoms with E-state index in [0.717, 1.165) is 16.8 Å². The van der Waals surface area contributed by atoms with Crippen molar-refractivity contribution >= 4 is 42.3 Å². The van der Waals surface area contributed by atoms with Crippen LogP contribution in [0.25, 0.3) is 0 Å². The molecule has 0 aliphatic carbocycles. The van der Waals surface area contributed by atoms with Crippen molar-refractivity contribution < 1.29 is 9.59 Å². The zero-order valence-electron chi connectivity index (χ0n) is 14.9. The second-order valence-corrected chi connectivity index (χ2v) is 6.19. The molecule has 25 heavy (non-hydrogen) atoms. The molecule has 0 spiro atoms. The van der Waals surface area contributed by atoms with Gasteiger partial charge in [0.2, 0.25) is 11.8 Å². The Kier molecular flexibility index (Phi) is 10.0. The summed E-state index contributed by atoms with van der Waals surface area (Å²) >= 11 is 0. The molecule has 1 aromatic carbocycles. The maximum absolute atomic E-state index is 12.2. The maximum Gasteiger partial charge on any atom is 0.239 e. The first-order chi connectivity index (χ1) is 10.9. The second kappa shape index (κ2) is 10.6. The van der Waals surface area contributed by atoms with Gasteiger partial charge in [0.1, 0.15) is 0 Å². The van der Waals surface area contributed by atoms with Gasteiger partial charge in [0.15, 0.2) is 0 Å². The molecule has 3 N–H and O–H groups in total. The summed E-state index contributed by atoms with van der Waals surface area (Å²) in [5.41, 5.74) is 8.74. The van der Waals surface area contributed by atoms with E-state index < -0.39 is 6.04 Å². The normalized spacial score (nSPS) is 15.6. The van der Waals surface area contributed by atoms with Crippen LogP contribution in [0.2, 0.25) is 0 Å². The monoisotopic (exact) mass is 390 g/mol. The van der Waals surface area contributed by atoms with Gasteiger partial charge >= 0.3 is 0 Å². The average molecular weight is 391 g/mol. The lowest BCUT2D eigenvalue weighted by molar-refractivity contribution is -0.134. The summed E-state index contributed by atoms with van der Waals surface area (Å²) in [6.45, 7) is 8.70. The molecule has 1 aliphatic rings. The lowest BCUT2D eigenvalue weighted by atomic mass is 10.1. The lowest BCUT2D eigenvalue weighted by Gasteiger charge is -2.35. The molecular formula is C17H28Cl2N4O2. The topological polar surface area (TPSA) is 78.7 Å². The first kappa shape index (κ1) is 23.7. The number of hydrogen-bond donors (Lipinski definition) is 2. The van der Waals surface area contributed by atoms with Crippen molar-refractivity contribution in [3.05, 3.63) is 29.3 Å². The Morgan fingerprint density at radius 1 is 1.16 bits per heavy atom. The smallest absolute Gasteiger partial charge is 0.239 e. The van der Waals surface area contributed by atoms with Crippen LogP contribution in [-0.4, -0.2) is 60.4 Å². The molecule has 6 nitrogen and oxygen atoms in total. The van der Waals surface area contributed by atoms with Crippen LogP contribution in [0.1, 0.15) is 18.1 Å². The van der Waals surface area contributed by atoms with Gasteiger partial charge in [0.25, 0.3) is 0 Å². The number of anilines is 1. The molecule has 1 atom stereocenters. The van der Waals surface area contributed by atoms with Crippen molar-refractivity contribution in [2.24, 2.45) is 5.73 Å². The third-order valence-corrected chi connectivity index (χ3v) is 4.32. The predicted octanol–water partition coefficient (Wildman–Crippen LogP) is 1.58. The standard InChI is InChI=1S/C17H26N4O2.2ClH/c1-12-5-4-6-15(13(12)2)19-16(22)11-20-7-9-21(10-8-20)17(23)14(3)18;;/h4-6,14H,7-11,18H2,1-3H3,(H,19,22);2*1H/t14-;;/m1../s1. The summed E-state index contributed by atoms with van der Waals surface area (Å²) in [5, 5.41) is 2.97. The molecule has 1 aromatic rings. The Morgan fingerprint density at radius 2 is 1.76 bits per heavy atom. The van der Waals surface area contributed by atoms with Crippen LogP contribution in [0, 0.1) is 13.8 Å². The highest BCUT2D eigenvalue weighted by Gasteiger charge is 2.24. The molecule has 142 valence electrons. The van der Waals surface area contributed by atoms with Crippen LogP contribution in [0.3, 0.4) is 0 Å². The van der Waals surface area contributed by atoms with Crippen molar-refractivity contribution in [2.75, 3.05) is 38.0 Å². The first-order valence-electron chi connectivity index (χ1n) is 8.01. The summed E-state index contributed by atoms with van der Waals surface area (Å²) in [4.78, 5) is 27.9. The van der Waals surface area contributed by atoms with Gasteiger partial charge in [0, 0.05) is 31.9 Å². The molecule has 0 saturated carbocycles. The van der Waals surface area contributed by atoms with E-state index in [0.29, 0.717) is 32.7 Å². The van der Waals surface area contributed by atoms with Gasteiger partial charge in [-0.1, -0.05) is 12.1 Å². The maximum atomic E-state index is 12.2. The van der Waals surface area contributed by atoms with E-state index in [1.807, 2.05) is 32.0 Å². The van der Waals surface area contributed by atoms with E-state index in [1.54, 1.807) is 11.8 Å². The van der Waals surface area contributed by atoms with Crippen molar-refractivity contribution in [1.82, 2.24) is 9.80 Å². The molecule has 0 radical (unpaired) electrons. The van der Waals surface area contributed by atoms with Gasteiger partial charge < -0.3 is 16.0 Å². The lowest BCUT2D eigenvalue weighted by Crippen LogP contribution is -2.53. The molecule has 1 saturated heterocycles. The number of nitrogens with one attached hydrogen (secondary N) is 1. The van der Waals surface area contributed by atoms with Gasteiger partial charge in [0.05, 0.1) is 12.6 Å². The number of piperazine rings is 1. The Morgan fingerprint density at radius 3 is 2.32 bits per heavy atom. The highest BCUT2D eigenvalue weighted by atomic mass is 35.5. The third-order valence-electron chi connectivity index (χ3n) is 4.32. The molecule has 1 heterocycles. The van der Waals surface area contributed by atoms with E-state index in [4.69, 9.17) is 5.73 Å². The van der Waals surface area contributed by atoms with Crippen LogP contribution in [0.4, 0.5) is 5.69 Å². The van der Waals surface area contributed by atoms with Crippen LogP contribution in [-0.2, 0) is 9.59 Å². The summed E-state index contributed by atoms with van der Waals surface area (Å²) < 4.78 is 0. The summed E-state index contributed by atoms with van der Waals surface area (Å²) in [7, 11) is 0. The minimum atomic E-state index is -0.464. The number of carbonyl (C=O) groups is 2. The van der Waals surface area contributed by atoms with Gasteiger partial charge in [-0.3, -0.25) is 14.5 Å². The Hall–Kier alpha value is -1.34. The van der Waals surface area contributed by atoms with E-state index in [1.165, 1.54) is 0 Å². The minimum Gasteiger partial charge on any atom is -0.339 e. The molecule has 0 unspecified atom stereocenters. The fourth-order valence-electron chi connectivity index (χ4n) is 2.69. The predicted molar refractivity (Wildman–Crippen MR) is 106 cm³/mol. The van der Waals surface area contributed by atoms with Gasteiger partial charge in [-0.15, -0.1) is 24.8 Å². The van der Waals surface area contributed by atoms with E-state index >= 15 is 0 Å². The number of aryl methyl sites for hydroxylation is 1. The zero-order valence-corrected chi connectivity index (χ0v) is 16.6. The SMILES string of the molecule is Cc1cccc(NC(=O)CN2CCN(C(=O)[C@@H](C)N)CC2)c1C.Cl.Cl. The minimum absolute atomic E-state index is 0. The molecule has 2 amide bonds. The molecule has 1 fully saturated rings. The van der Waals surface area contributed by atoms with Crippen molar-refractivity contribution in [1.29, 1.82) is 0 Å². The number of benzene rings is 1. The Labute approximate surface area is 161 Å². The largest absolute Gasteiger partial charge is 0.339 e. The van der Waals surface area contributed by atoms with Crippen LogP contribution >= 0.6 is 24.8 Å². The van der Waals surface area contributed by atoms with E-state index in [2.05, 4.69) is 10.2 Å².